The van der Waals surface area contributed by atoms with Crippen LogP contribution in [0.3, 0.4) is 0 Å². The zero-order chi connectivity index (χ0) is 12.8. The third-order valence-electron chi connectivity index (χ3n) is 2.72. The van der Waals surface area contributed by atoms with E-state index in [1.807, 2.05) is 25.6 Å². The lowest BCUT2D eigenvalue weighted by Crippen LogP contribution is -2.22. The maximum Gasteiger partial charge on any atom is 0.137 e. The van der Waals surface area contributed by atoms with Crippen LogP contribution in [0.2, 0.25) is 0 Å². The summed E-state index contributed by atoms with van der Waals surface area (Å²) in [7, 11) is 2.06. The number of hydrogen-bond acceptors (Lipinski definition) is 5. The molecular formula is C12H22N4S. The number of rotatable bonds is 6. The molecular weight excluding hydrogens is 232 g/mol. The number of nitrogens with zero attached hydrogens (tertiary/aromatic N) is 3. The second kappa shape index (κ2) is 6.69. The Hall–Kier alpha value is -0.970. The van der Waals surface area contributed by atoms with E-state index in [0.717, 1.165) is 36.6 Å². The standard InChI is InChI=1S/C12H22N4S/c1-5-10-14-11(13)9(2)12(15-10)16(3)7-6-8-17-4/h5-8H2,1-4H3,(H2,13,14,15). The van der Waals surface area contributed by atoms with Gasteiger partial charge in [-0.25, -0.2) is 9.97 Å². The minimum absolute atomic E-state index is 0.601. The number of aromatic nitrogens is 2. The average Bonchev–Trinajstić information content (AvgIpc) is 2.32. The SMILES string of the molecule is CCc1nc(N)c(C)c(N(C)CCCSC)n1. The van der Waals surface area contributed by atoms with Gasteiger partial charge in [0.2, 0.25) is 0 Å². The van der Waals surface area contributed by atoms with Gasteiger partial charge in [0.15, 0.2) is 0 Å². The van der Waals surface area contributed by atoms with E-state index < -0.39 is 0 Å². The fourth-order valence-corrected chi connectivity index (χ4v) is 2.07. The molecule has 0 aromatic carbocycles. The monoisotopic (exact) mass is 254 g/mol. The van der Waals surface area contributed by atoms with Gasteiger partial charge < -0.3 is 10.6 Å². The average molecular weight is 254 g/mol. The first-order chi connectivity index (χ1) is 8.10. The van der Waals surface area contributed by atoms with Crippen LogP contribution in [0.25, 0.3) is 0 Å². The van der Waals surface area contributed by atoms with Gasteiger partial charge in [0.1, 0.15) is 17.5 Å². The molecule has 0 atom stereocenters. The van der Waals surface area contributed by atoms with Crippen molar-refractivity contribution in [1.29, 1.82) is 0 Å². The van der Waals surface area contributed by atoms with E-state index in [9.17, 15) is 0 Å². The lowest BCUT2D eigenvalue weighted by molar-refractivity contribution is 0.821. The minimum Gasteiger partial charge on any atom is -0.383 e. The molecule has 96 valence electrons. The van der Waals surface area contributed by atoms with Gasteiger partial charge in [0, 0.05) is 25.6 Å². The fraction of sp³-hybridized carbons (Fsp3) is 0.667. The smallest absolute Gasteiger partial charge is 0.137 e. The van der Waals surface area contributed by atoms with Crippen molar-refractivity contribution in [2.24, 2.45) is 0 Å². The van der Waals surface area contributed by atoms with Crippen molar-refractivity contribution in [2.75, 3.05) is 36.2 Å². The van der Waals surface area contributed by atoms with Gasteiger partial charge in [-0.2, -0.15) is 11.8 Å². The highest BCUT2D eigenvalue weighted by molar-refractivity contribution is 7.98. The van der Waals surface area contributed by atoms with E-state index >= 15 is 0 Å². The van der Waals surface area contributed by atoms with E-state index in [0.29, 0.717) is 5.82 Å². The molecule has 0 radical (unpaired) electrons. The Morgan fingerprint density at radius 1 is 1.35 bits per heavy atom. The first-order valence-corrected chi connectivity index (χ1v) is 7.32. The molecule has 2 N–H and O–H groups in total. The molecule has 0 amide bonds. The fourth-order valence-electron chi connectivity index (χ4n) is 1.65. The molecule has 1 rings (SSSR count). The van der Waals surface area contributed by atoms with Gasteiger partial charge in [-0.3, -0.25) is 0 Å². The second-order valence-corrected chi connectivity index (χ2v) is 5.08. The van der Waals surface area contributed by atoms with Gasteiger partial charge >= 0.3 is 0 Å². The molecule has 0 aliphatic heterocycles. The van der Waals surface area contributed by atoms with Crippen molar-refractivity contribution < 1.29 is 0 Å². The second-order valence-electron chi connectivity index (χ2n) is 4.10. The molecule has 0 aliphatic rings. The number of nitrogens with two attached hydrogens (primary N) is 1. The molecule has 0 saturated carbocycles. The Kier molecular flexibility index (Phi) is 5.55. The van der Waals surface area contributed by atoms with Gasteiger partial charge in [0.05, 0.1) is 0 Å². The van der Waals surface area contributed by atoms with Crippen molar-refractivity contribution in [2.45, 2.75) is 26.7 Å². The van der Waals surface area contributed by atoms with Crippen molar-refractivity contribution in [3.63, 3.8) is 0 Å². The van der Waals surface area contributed by atoms with Crippen molar-refractivity contribution in [3.05, 3.63) is 11.4 Å². The van der Waals surface area contributed by atoms with Crippen LogP contribution in [-0.2, 0) is 6.42 Å². The number of thioether (sulfide) groups is 1. The Morgan fingerprint density at radius 3 is 2.65 bits per heavy atom. The van der Waals surface area contributed by atoms with Gasteiger partial charge in [0.25, 0.3) is 0 Å². The Morgan fingerprint density at radius 2 is 2.06 bits per heavy atom. The molecule has 0 fully saturated rings. The molecule has 0 bridgehead atoms. The lowest BCUT2D eigenvalue weighted by Gasteiger charge is -2.21. The summed E-state index contributed by atoms with van der Waals surface area (Å²) in [6, 6.07) is 0. The van der Waals surface area contributed by atoms with Crippen molar-refractivity contribution in [1.82, 2.24) is 9.97 Å². The normalized spacial score (nSPS) is 10.6. The molecule has 0 spiro atoms. The van der Waals surface area contributed by atoms with Crippen LogP contribution in [-0.4, -0.2) is 35.6 Å². The van der Waals surface area contributed by atoms with Crippen LogP contribution < -0.4 is 10.6 Å². The summed E-state index contributed by atoms with van der Waals surface area (Å²) in [5.41, 5.74) is 6.89. The van der Waals surface area contributed by atoms with Crippen LogP contribution in [0, 0.1) is 6.92 Å². The van der Waals surface area contributed by atoms with Gasteiger partial charge in [-0.1, -0.05) is 6.92 Å². The Labute approximate surface area is 108 Å². The molecule has 1 aromatic rings. The van der Waals surface area contributed by atoms with Gasteiger partial charge in [-0.15, -0.1) is 0 Å². The molecule has 5 heteroatoms. The molecule has 4 nitrogen and oxygen atoms in total. The van der Waals surface area contributed by atoms with Crippen LogP contribution in [0.1, 0.15) is 24.7 Å². The zero-order valence-electron chi connectivity index (χ0n) is 11.2. The quantitative estimate of drug-likeness (QED) is 0.788. The first kappa shape index (κ1) is 14.1. The van der Waals surface area contributed by atoms with E-state index in [1.54, 1.807) is 0 Å². The summed E-state index contributed by atoms with van der Waals surface area (Å²) in [5, 5.41) is 0. The third kappa shape index (κ3) is 3.77. The molecule has 17 heavy (non-hydrogen) atoms. The number of nitrogen functional groups attached to an aromatic ring is 1. The predicted octanol–water partition coefficient (Wildman–Crippen LogP) is 2.12. The maximum absolute atomic E-state index is 5.91. The summed E-state index contributed by atoms with van der Waals surface area (Å²) < 4.78 is 0. The molecule has 0 saturated heterocycles. The first-order valence-electron chi connectivity index (χ1n) is 5.93. The number of hydrogen-bond donors (Lipinski definition) is 1. The van der Waals surface area contributed by atoms with Crippen LogP contribution in [0.5, 0.6) is 0 Å². The number of anilines is 2. The lowest BCUT2D eigenvalue weighted by atomic mass is 10.2. The van der Waals surface area contributed by atoms with Crippen LogP contribution in [0.4, 0.5) is 11.6 Å². The highest BCUT2D eigenvalue weighted by Crippen LogP contribution is 2.21. The molecule has 0 unspecified atom stereocenters. The molecule has 1 heterocycles. The van der Waals surface area contributed by atoms with Crippen molar-refractivity contribution >= 4 is 23.4 Å². The van der Waals surface area contributed by atoms with E-state index in [-0.39, 0.29) is 0 Å². The van der Waals surface area contributed by atoms with E-state index in [2.05, 4.69) is 28.2 Å². The molecule has 1 aromatic heterocycles. The van der Waals surface area contributed by atoms with E-state index in [1.165, 1.54) is 5.75 Å². The summed E-state index contributed by atoms with van der Waals surface area (Å²) >= 11 is 1.87. The zero-order valence-corrected chi connectivity index (χ0v) is 12.0. The Bertz CT molecular complexity index is 368. The topological polar surface area (TPSA) is 55.0 Å². The largest absolute Gasteiger partial charge is 0.383 e. The van der Waals surface area contributed by atoms with Crippen LogP contribution >= 0.6 is 11.8 Å². The maximum atomic E-state index is 5.91. The Balaban J connectivity index is 2.84. The highest BCUT2D eigenvalue weighted by Gasteiger charge is 2.11. The summed E-state index contributed by atoms with van der Waals surface area (Å²) in [6.07, 6.45) is 4.10. The molecule has 0 aliphatic carbocycles. The van der Waals surface area contributed by atoms with Gasteiger partial charge in [-0.05, 0) is 25.4 Å². The highest BCUT2D eigenvalue weighted by atomic mass is 32.2. The van der Waals surface area contributed by atoms with Crippen molar-refractivity contribution in [3.8, 4) is 0 Å². The van der Waals surface area contributed by atoms with Crippen LogP contribution in [0.15, 0.2) is 0 Å². The summed E-state index contributed by atoms with van der Waals surface area (Å²) in [6.45, 7) is 5.03. The summed E-state index contributed by atoms with van der Waals surface area (Å²) in [5.74, 6) is 3.56. The third-order valence-corrected chi connectivity index (χ3v) is 3.42. The van der Waals surface area contributed by atoms with E-state index in [4.69, 9.17) is 5.73 Å². The predicted molar refractivity (Wildman–Crippen MR) is 76.8 cm³/mol. The number of aryl methyl sites for hydroxylation is 1. The summed E-state index contributed by atoms with van der Waals surface area (Å²) in [4.78, 5) is 11.0. The minimum atomic E-state index is 0.601.